The monoisotopic (exact) mass is 124 g/mol. The second-order valence-electron chi connectivity index (χ2n) is 1.52. The van der Waals surface area contributed by atoms with Crippen molar-refractivity contribution >= 4 is 0 Å². The lowest BCUT2D eigenvalue weighted by Crippen LogP contribution is -1.70. The Hall–Kier alpha value is -1.06. The van der Waals surface area contributed by atoms with Crippen LogP contribution in [0.1, 0.15) is 25.7 Å². The summed E-state index contributed by atoms with van der Waals surface area (Å²) in [5.41, 5.74) is 0. The first-order valence-electron chi connectivity index (χ1n) is 2.65. The van der Waals surface area contributed by atoms with E-state index in [1.165, 1.54) is 0 Å². The Labute approximate surface area is 54.8 Å². The Morgan fingerprint density at radius 2 is 1.22 bits per heavy atom. The first-order valence-corrected chi connectivity index (χ1v) is 2.65. The van der Waals surface area contributed by atoms with E-state index in [1.807, 2.05) is 12.1 Å². The Kier molecular flexibility index (Phi) is 12.1. The summed E-state index contributed by atoms with van der Waals surface area (Å²) in [5, 5.41) is 16.1. The lowest BCUT2D eigenvalue weighted by atomic mass is 10.2. The minimum Gasteiger partial charge on any atom is -0.198 e. The van der Waals surface area contributed by atoms with E-state index in [1.54, 1.807) is 0 Å². The van der Waals surface area contributed by atoms with Crippen LogP contribution in [-0.4, -0.2) is 0 Å². The molecular weight excluding hydrogens is 116 g/mol. The van der Waals surface area contributed by atoms with E-state index in [9.17, 15) is 0 Å². The molecule has 0 saturated carbocycles. The molecule has 0 N–H and O–H groups in total. The largest absolute Gasteiger partial charge is 0.198 e. The van der Waals surface area contributed by atoms with Crippen LogP contribution in [0.5, 0.6) is 0 Å². The summed E-state index contributed by atoms with van der Waals surface area (Å²) in [6.07, 6.45) is 2.90. The molecule has 0 atom stereocenters. The summed E-state index contributed by atoms with van der Waals surface area (Å²) in [5.74, 6) is 0. The molecule has 0 aliphatic heterocycles. The zero-order chi connectivity index (χ0) is 6.24. The third-order valence-electron chi connectivity index (χ3n) is 0.827. The lowest BCUT2D eigenvalue weighted by molar-refractivity contribution is 0.686. The van der Waals surface area contributed by atoms with Crippen molar-refractivity contribution in [1.82, 2.24) is 0 Å². The van der Waals surface area contributed by atoms with Gasteiger partial charge in [0.2, 0.25) is 0 Å². The Morgan fingerprint density at radius 3 is 1.44 bits per heavy atom. The molecular formula is C6H8N2O. The highest BCUT2D eigenvalue weighted by molar-refractivity contribution is 4.72. The van der Waals surface area contributed by atoms with Gasteiger partial charge in [-0.2, -0.15) is 10.5 Å². The highest BCUT2D eigenvalue weighted by Crippen LogP contribution is 1.95. The van der Waals surface area contributed by atoms with Gasteiger partial charge in [-0.15, -0.1) is 0 Å². The van der Waals surface area contributed by atoms with E-state index in [2.05, 4.69) is 0 Å². The molecule has 0 heterocycles. The first kappa shape index (κ1) is 10.8. The number of rotatable bonds is 3. The SMILES string of the molecule is N#CCCCCC#N.[O]. The molecule has 0 aromatic rings. The van der Waals surface area contributed by atoms with Crippen LogP contribution >= 0.6 is 0 Å². The van der Waals surface area contributed by atoms with Crippen LogP contribution in [0.3, 0.4) is 0 Å². The Balaban J connectivity index is 0. The van der Waals surface area contributed by atoms with Crippen molar-refractivity contribution in [2.75, 3.05) is 0 Å². The summed E-state index contributed by atoms with van der Waals surface area (Å²) < 4.78 is 0. The molecule has 0 amide bonds. The fraction of sp³-hybridized carbons (Fsp3) is 0.667. The highest BCUT2D eigenvalue weighted by Gasteiger charge is 1.83. The van der Waals surface area contributed by atoms with Crippen molar-refractivity contribution in [3.63, 3.8) is 0 Å². The minimum absolute atomic E-state index is 0. The van der Waals surface area contributed by atoms with E-state index in [0.29, 0.717) is 12.8 Å². The van der Waals surface area contributed by atoms with Crippen LogP contribution in [0, 0.1) is 22.7 Å². The first-order chi connectivity index (χ1) is 3.91. The van der Waals surface area contributed by atoms with Gasteiger partial charge in [-0.25, -0.2) is 0 Å². The number of nitriles is 2. The van der Waals surface area contributed by atoms with Crippen LogP contribution in [-0.2, 0) is 5.48 Å². The van der Waals surface area contributed by atoms with Gasteiger partial charge in [0.15, 0.2) is 0 Å². The molecule has 0 rings (SSSR count). The standard InChI is InChI=1S/C6H8N2.O/c7-5-3-1-2-4-6-8;/h1-4H2;. The van der Waals surface area contributed by atoms with Gasteiger partial charge in [-0.05, 0) is 12.8 Å². The maximum Gasteiger partial charge on any atom is 0.0621 e. The molecule has 0 unspecified atom stereocenters. The van der Waals surface area contributed by atoms with Crippen LogP contribution in [0.4, 0.5) is 0 Å². The van der Waals surface area contributed by atoms with Crippen LogP contribution in [0.2, 0.25) is 0 Å². The van der Waals surface area contributed by atoms with Crippen molar-refractivity contribution in [2.24, 2.45) is 0 Å². The van der Waals surface area contributed by atoms with Gasteiger partial charge in [-0.3, -0.25) is 0 Å². The van der Waals surface area contributed by atoms with Crippen molar-refractivity contribution in [3.05, 3.63) is 0 Å². The Morgan fingerprint density at radius 1 is 0.889 bits per heavy atom. The molecule has 3 heteroatoms. The van der Waals surface area contributed by atoms with Gasteiger partial charge in [0.25, 0.3) is 0 Å². The molecule has 0 aliphatic carbocycles. The second-order valence-corrected chi connectivity index (χ2v) is 1.52. The third-order valence-corrected chi connectivity index (χ3v) is 0.827. The van der Waals surface area contributed by atoms with E-state index in [0.717, 1.165) is 12.8 Å². The summed E-state index contributed by atoms with van der Waals surface area (Å²) >= 11 is 0. The topological polar surface area (TPSA) is 76.1 Å². The normalized spacial score (nSPS) is 6.44. The minimum atomic E-state index is 0. The van der Waals surface area contributed by atoms with Crippen LogP contribution in [0.15, 0.2) is 0 Å². The third kappa shape index (κ3) is 10.9. The molecule has 0 aromatic heterocycles. The number of hydrogen-bond donors (Lipinski definition) is 0. The fourth-order valence-electron chi connectivity index (χ4n) is 0.408. The maximum atomic E-state index is 8.03. The van der Waals surface area contributed by atoms with E-state index in [-0.39, 0.29) is 5.48 Å². The molecule has 2 radical (unpaired) electrons. The molecule has 0 bridgehead atoms. The number of hydrogen-bond acceptors (Lipinski definition) is 2. The molecule has 9 heavy (non-hydrogen) atoms. The molecule has 0 spiro atoms. The van der Waals surface area contributed by atoms with Gasteiger partial charge >= 0.3 is 0 Å². The number of unbranched alkanes of at least 4 members (excludes halogenated alkanes) is 3. The van der Waals surface area contributed by atoms with Gasteiger partial charge in [0, 0.05) is 18.3 Å². The average Bonchev–Trinajstić information content (AvgIpc) is 1.81. The maximum absolute atomic E-state index is 8.03. The summed E-state index contributed by atoms with van der Waals surface area (Å²) in [6, 6.07) is 4.03. The van der Waals surface area contributed by atoms with E-state index >= 15 is 0 Å². The second kappa shape index (κ2) is 10.0. The van der Waals surface area contributed by atoms with Crippen molar-refractivity contribution in [1.29, 1.82) is 10.5 Å². The quantitative estimate of drug-likeness (QED) is 0.534. The fourth-order valence-corrected chi connectivity index (χ4v) is 0.408. The average molecular weight is 124 g/mol. The van der Waals surface area contributed by atoms with Crippen LogP contribution in [0.25, 0.3) is 0 Å². The highest BCUT2D eigenvalue weighted by atomic mass is 16.0. The van der Waals surface area contributed by atoms with E-state index in [4.69, 9.17) is 10.5 Å². The lowest BCUT2D eigenvalue weighted by Gasteiger charge is -1.83. The predicted octanol–water partition coefficient (Wildman–Crippen LogP) is 1.48. The summed E-state index contributed by atoms with van der Waals surface area (Å²) in [6.45, 7) is 0. The predicted molar refractivity (Wildman–Crippen MR) is 30.4 cm³/mol. The summed E-state index contributed by atoms with van der Waals surface area (Å²) in [7, 11) is 0. The van der Waals surface area contributed by atoms with Gasteiger partial charge in [0.1, 0.15) is 0 Å². The zero-order valence-corrected chi connectivity index (χ0v) is 5.13. The molecule has 0 saturated heterocycles. The molecule has 0 aliphatic rings. The molecule has 48 valence electrons. The smallest absolute Gasteiger partial charge is 0.0621 e. The zero-order valence-electron chi connectivity index (χ0n) is 5.13. The van der Waals surface area contributed by atoms with Gasteiger partial charge in [0.05, 0.1) is 12.1 Å². The van der Waals surface area contributed by atoms with Crippen molar-refractivity contribution in [3.8, 4) is 12.1 Å². The van der Waals surface area contributed by atoms with E-state index < -0.39 is 0 Å². The molecule has 3 nitrogen and oxygen atoms in total. The number of nitrogens with zero attached hydrogens (tertiary/aromatic N) is 2. The summed E-state index contributed by atoms with van der Waals surface area (Å²) in [4.78, 5) is 0. The van der Waals surface area contributed by atoms with Crippen molar-refractivity contribution in [2.45, 2.75) is 25.7 Å². The molecule has 0 fully saturated rings. The Bertz CT molecular complexity index is 104. The van der Waals surface area contributed by atoms with Crippen LogP contribution < -0.4 is 0 Å². The van der Waals surface area contributed by atoms with Crippen molar-refractivity contribution < 1.29 is 5.48 Å². The molecule has 0 aromatic carbocycles. The van der Waals surface area contributed by atoms with Gasteiger partial charge in [-0.1, -0.05) is 0 Å². The van der Waals surface area contributed by atoms with Gasteiger partial charge < -0.3 is 0 Å².